The van der Waals surface area contributed by atoms with E-state index in [-0.39, 0.29) is 18.2 Å². The van der Waals surface area contributed by atoms with Crippen molar-refractivity contribution in [2.75, 3.05) is 6.61 Å². The molecule has 0 aromatic heterocycles. The molecule has 0 amide bonds. The first-order chi connectivity index (χ1) is 5.65. The van der Waals surface area contributed by atoms with Crippen LogP contribution in [0.5, 0.6) is 0 Å². The predicted octanol–water partition coefficient (Wildman–Crippen LogP) is 0.0185. The van der Waals surface area contributed by atoms with Crippen LogP contribution in [-0.4, -0.2) is 24.4 Å². The zero-order valence-electron chi connectivity index (χ0n) is 6.49. The van der Waals surface area contributed by atoms with E-state index in [0.29, 0.717) is 0 Å². The highest BCUT2D eigenvalue weighted by atomic mass is 16.6. The molecule has 5 heteroatoms. The summed E-state index contributed by atoms with van der Waals surface area (Å²) >= 11 is 0. The molecule has 64 valence electrons. The van der Waals surface area contributed by atoms with Crippen LogP contribution in [0.4, 0.5) is 0 Å². The maximum atomic E-state index is 10.9. The molecular weight excluding hydrogens is 162 g/mol. The Balaban J connectivity index is 2.67. The van der Waals surface area contributed by atoms with Crippen molar-refractivity contribution in [2.24, 2.45) is 4.99 Å². The molecule has 1 aliphatic heterocycles. The molecule has 0 aromatic carbocycles. The Kier molecular flexibility index (Phi) is 2.23. The van der Waals surface area contributed by atoms with Gasteiger partial charge in [-0.2, -0.15) is 0 Å². The molecule has 1 aliphatic rings. The molecular formula is C7H7NO4. The number of hydrogen-bond acceptors (Lipinski definition) is 5. The predicted molar refractivity (Wildman–Crippen MR) is 39.3 cm³/mol. The number of nitrogens with zero attached hydrogens (tertiary/aromatic N) is 1. The topological polar surface area (TPSA) is 65.0 Å². The number of esters is 2. The third-order valence-corrected chi connectivity index (χ3v) is 1.11. The van der Waals surface area contributed by atoms with Gasteiger partial charge in [0, 0.05) is 0 Å². The lowest BCUT2D eigenvalue weighted by atomic mass is 10.5. The van der Waals surface area contributed by atoms with Gasteiger partial charge in [-0.15, -0.1) is 0 Å². The van der Waals surface area contributed by atoms with Crippen LogP contribution in [-0.2, 0) is 19.1 Å². The van der Waals surface area contributed by atoms with E-state index < -0.39 is 11.9 Å². The number of cyclic esters (lactones) is 1. The number of carbonyl (C=O) groups excluding carboxylic acids is 2. The van der Waals surface area contributed by atoms with E-state index in [9.17, 15) is 9.59 Å². The van der Waals surface area contributed by atoms with Crippen molar-refractivity contribution < 1.29 is 19.1 Å². The summed E-state index contributed by atoms with van der Waals surface area (Å²) in [7, 11) is 0. The van der Waals surface area contributed by atoms with Crippen LogP contribution in [0.2, 0.25) is 0 Å². The zero-order valence-corrected chi connectivity index (χ0v) is 6.49. The van der Waals surface area contributed by atoms with Crippen molar-refractivity contribution in [3.05, 3.63) is 12.3 Å². The Morgan fingerprint density at radius 2 is 2.42 bits per heavy atom. The molecule has 0 saturated carbocycles. The molecule has 0 aliphatic carbocycles. The fourth-order valence-corrected chi connectivity index (χ4v) is 0.618. The molecule has 0 radical (unpaired) electrons. The van der Waals surface area contributed by atoms with Gasteiger partial charge in [-0.05, 0) is 6.92 Å². The van der Waals surface area contributed by atoms with Gasteiger partial charge in [-0.25, -0.2) is 14.6 Å². The van der Waals surface area contributed by atoms with E-state index in [1.54, 1.807) is 6.92 Å². The summed E-state index contributed by atoms with van der Waals surface area (Å²) in [4.78, 5) is 25.0. The maximum absolute atomic E-state index is 10.9. The average molecular weight is 169 g/mol. The quantitative estimate of drug-likeness (QED) is 0.431. The molecule has 5 nitrogen and oxygen atoms in total. The van der Waals surface area contributed by atoms with E-state index >= 15 is 0 Å². The van der Waals surface area contributed by atoms with Crippen LogP contribution >= 0.6 is 0 Å². The van der Waals surface area contributed by atoms with Gasteiger partial charge < -0.3 is 9.47 Å². The Hall–Kier alpha value is -1.65. The first-order valence-electron chi connectivity index (χ1n) is 3.32. The molecule has 0 N–H and O–H groups in total. The van der Waals surface area contributed by atoms with E-state index in [4.69, 9.17) is 0 Å². The van der Waals surface area contributed by atoms with Crippen molar-refractivity contribution in [1.82, 2.24) is 0 Å². The van der Waals surface area contributed by atoms with Gasteiger partial charge in [-0.3, -0.25) is 0 Å². The van der Waals surface area contributed by atoms with Crippen LogP contribution in [0, 0.1) is 0 Å². The van der Waals surface area contributed by atoms with E-state index in [1.807, 2.05) is 0 Å². The van der Waals surface area contributed by atoms with Crippen molar-refractivity contribution >= 4 is 17.8 Å². The third kappa shape index (κ3) is 1.50. The number of aliphatic imine (C=N–C) groups is 1. The second kappa shape index (κ2) is 3.17. The van der Waals surface area contributed by atoms with Gasteiger partial charge in [0.05, 0.1) is 6.61 Å². The van der Waals surface area contributed by atoms with Crippen LogP contribution < -0.4 is 0 Å². The summed E-state index contributed by atoms with van der Waals surface area (Å²) in [6.07, 6.45) is 0. The first kappa shape index (κ1) is 8.45. The highest BCUT2D eigenvalue weighted by Crippen LogP contribution is 2.08. The van der Waals surface area contributed by atoms with Crippen LogP contribution in [0.1, 0.15) is 6.92 Å². The van der Waals surface area contributed by atoms with E-state index in [1.165, 1.54) is 0 Å². The van der Waals surface area contributed by atoms with Crippen molar-refractivity contribution in [2.45, 2.75) is 6.92 Å². The number of hydrogen-bond donors (Lipinski definition) is 0. The lowest BCUT2D eigenvalue weighted by molar-refractivity contribution is -0.140. The van der Waals surface area contributed by atoms with Gasteiger partial charge in [0.1, 0.15) is 5.70 Å². The number of ether oxygens (including phenoxy) is 2. The van der Waals surface area contributed by atoms with Crippen molar-refractivity contribution in [3.8, 4) is 0 Å². The van der Waals surface area contributed by atoms with Crippen LogP contribution in [0.3, 0.4) is 0 Å². The molecule has 0 spiro atoms. The lowest BCUT2D eigenvalue weighted by Gasteiger charge is -1.97. The molecule has 0 fully saturated rings. The largest absolute Gasteiger partial charge is 0.459 e. The van der Waals surface area contributed by atoms with Gasteiger partial charge in [0.25, 0.3) is 0 Å². The highest BCUT2D eigenvalue weighted by molar-refractivity contribution is 6.37. The highest BCUT2D eigenvalue weighted by Gasteiger charge is 2.27. The summed E-state index contributed by atoms with van der Waals surface area (Å²) in [5.74, 6) is -1.80. The Labute approximate surface area is 68.7 Å². The van der Waals surface area contributed by atoms with E-state index in [0.717, 1.165) is 0 Å². The second-order valence-corrected chi connectivity index (χ2v) is 1.97. The molecule has 1 heterocycles. The number of rotatable bonds is 2. The lowest BCUT2D eigenvalue weighted by Crippen LogP contribution is -2.18. The van der Waals surface area contributed by atoms with Gasteiger partial charge in [-0.1, -0.05) is 6.58 Å². The average Bonchev–Trinajstić information content (AvgIpc) is 2.33. The monoisotopic (exact) mass is 169 g/mol. The van der Waals surface area contributed by atoms with Gasteiger partial charge >= 0.3 is 17.8 Å². The zero-order chi connectivity index (χ0) is 9.14. The Morgan fingerprint density at radius 3 is 2.83 bits per heavy atom. The Bertz CT molecular complexity index is 279. The van der Waals surface area contributed by atoms with Crippen LogP contribution in [0.15, 0.2) is 17.3 Å². The van der Waals surface area contributed by atoms with Crippen LogP contribution in [0.25, 0.3) is 0 Å². The molecule has 12 heavy (non-hydrogen) atoms. The fourth-order valence-electron chi connectivity index (χ4n) is 0.618. The molecule has 0 unspecified atom stereocenters. The maximum Gasteiger partial charge on any atom is 0.394 e. The normalized spacial score (nSPS) is 15.6. The summed E-state index contributed by atoms with van der Waals surface area (Å²) in [5, 5.41) is 0. The minimum atomic E-state index is -0.746. The molecule has 0 aromatic rings. The summed E-state index contributed by atoms with van der Waals surface area (Å²) in [5.41, 5.74) is -0.0851. The molecule has 0 bridgehead atoms. The second-order valence-electron chi connectivity index (χ2n) is 1.97. The molecule has 1 rings (SSSR count). The Morgan fingerprint density at radius 1 is 1.75 bits per heavy atom. The molecule has 0 atom stereocenters. The molecule has 0 saturated heterocycles. The smallest absolute Gasteiger partial charge is 0.394 e. The van der Waals surface area contributed by atoms with Gasteiger partial charge in [0.15, 0.2) is 0 Å². The van der Waals surface area contributed by atoms with Crippen molar-refractivity contribution in [1.29, 1.82) is 0 Å². The van der Waals surface area contributed by atoms with E-state index in [2.05, 4.69) is 21.0 Å². The minimum Gasteiger partial charge on any atom is -0.459 e. The summed E-state index contributed by atoms with van der Waals surface area (Å²) < 4.78 is 8.96. The van der Waals surface area contributed by atoms with Gasteiger partial charge in [0.2, 0.25) is 0 Å². The number of carbonyl (C=O) groups is 2. The minimum absolute atomic E-state index is 0.0851. The SMILES string of the molecule is C=C1N=C(C(=O)OCC)OC1=O. The fraction of sp³-hybridized carbons (Fsp3) is 0.286. The standard InChI is InChI=1S/C7H7NO4/c1-3-11-7(10)5-8-4(2)6(9)12-5/h2-3H2,1H3. The summed E-state index contributed by atoms with van der Waals surface area (Å²) in [6.45, 7) is 5.11. The first-order valence-corrected chi connectivity index (χ1v) is 3.32. The third-order valence-electron chi connectivity index (χ3n) is 1.11. The van der Waals surface area contributed by atoms with Crippen molar-refractivity contribution in [3.63, 3.8) is 0 Å². The summed E-state index contributed by atoms with van der Waals surface area (Å²) in [6, 6.07) is 0.